The van der Waals surface area contributed by atoms with Gasteiger partial charge in [0.15, 0.2) is 0 Å². The molecule has 2 unspecified atom stereocenters. The van der Waals surface area contributed by atoms with Gasteiger partial charge < -0.3 is 14.1 Å². The predicted molar refractivity (Wildman–Crippen MR) is 57.3 cm³/mol. The number of ether oxygens (including phenoxy) is 1. The fraction of sp³-hybridized carbons (Fsp3) is 0.727. The van der Waals surface area contributed by atoms with Gasteiger partial charge in [-0.3, -0.25) is 0 Å². The van der Waals surface area contributed by atoms with Crippen molar-refractivity contribution < 1.29 is 13.9 Å². The first kappa shape index (κ1) is 10.7. The van der Waals surface area contributed by atoms with Gasteiger partial charge in [0.05, 0.1) is 0 Å². The topological polar surface area (TPSA) is 68.5 Å². The van der Waals surface area contributed by atoms with E-state index in [9.17, 15) is 4.79 Å². The number of fused-ring (bicyclic) bond motifs is 2. The van der Waals surface area contributed by atoms with E-state index >= 15 is 0 Å². The summed E-state index contributed by atoms with van der Waals surface area (Å²) in [5.74, 6) is -0.562. The molecule has 6 heteroatoms. The minimum Gasteiger partial charge on any atom is -0.455 e. The van der Waals surface area contributed by atoms with E-state index in [0.717, 1.165) is 19.2 Å². The van der Waals surface area contributed by atoms with Crippen LogP contribution in [0.25, 0.3) is 0 Å². The Bertz CT molecular complexity index is 392. The van der Waals surface area contributed by atoms with Crippen LogP contribution < -0.4 is 0 Å². The zero-order chi connectivity index (χ0) is 11.8. The van der Waals surface area contributed by atoms with Gasteiger partial charge in [0.2, 0.25) is 6.39 Å². The minimum absolute atomic E-state index is 0.0110. The lowest BCUT2D eigenvalue weighted by atomic mass is 10.0. The first-order valence-corrected chi connectivity index (χ1v) is 5.93. The number of carbonyl (C=O) groups is 1. The van der Waals surface area contributed by atoms with Gasteiger partial charge in [0.1, 0.15) is 6.10 Å². The van der Waals surface area contributed by atoms with Gasteiger partial charge in [0.25, 0.3) is 0 Å². The lowest BCUT2D eigenvalue weighted by Crippen LogP contribution is -2.43. The van der Waals surface area contributed by atoms with Crippen LogP contribution in [0.4, 0.5) is 0 Å². The molecule has 0 amide bonds. The van der Waals surface area contributed by atoms with Crippen molar-refractivity contribution in [1.29, 1.82) is 0 Å². The summed E-state index contributed by atoms with van der Waals surface area (Å²) in [6.45, 7) is 0. The highest BCUT2D eigenvalue weighted by Gasteiger charge is 2.40. The smallest absolute Gasteiger partial charge is 0.396 e. The summed E-state index contributed by atoms with van der Waals surface area (Å²) < 4.78 is 10.2. The standard InChI is InChI=1S/C11H15N3O3/c1-14-7-2-3-8(14)5-9(4-7)17-11(15)10-13-12-6-16-10/h6-9H,2-5H2,1H3. The highest BCUT2D eigenvalue weighted by Crippen LogP contribution is 2.35. The quantitative estimate of drug-likeness (QED) is 0.710. The van der Waals surface area contributed by atoms with Crippen molar-refractivity contribution in [2.75, 3.05) is 7.05 Å². The molecule has 0 N–H and O–H groups in total. The highest BCUT2D eigenvalue weighted by atomic mass is 16.6. The number of hydrogen-bond acceptors (Lipinski definition) is 6. The van der Waals surface area contributed by atoms with Crippen LogP contribution in [0, 0.1) is 0 Å². The van der Waals surface area contributed by atoms with Crippen molar-refractivity contribution in [2.24, 2.45) is 0 Å². The second-order valence-electron chi connectivity index (χ2n) is 4.79. The van der Waals surface area contributed by atoms with Crippen LogP contribution in [0.2, 0.25) is 0 Å². The number of nitrogens with zero attached hydrogens (tertiary/aromatic N) is 3. The molecular formula is C11H15N3O3. The van der Waals surface area contributed by atoms with Crippen molar-refractivity contribution in [3.8, 4) is 0 Å². The number of aromatic nitrogens is 2. The zero-order valence-corrected chi connectivity index (χ0v) is 9.70. The lowest BCUT2D eigenvalue weighted by Gasteiger charge is -2.35. The second kappa shape index (κ2) is 4.10. The molecule has 17 heavy (non-hydrogen) atoms. The molecule has 2 fully saturated rings. The van der Waals surface area contributed by atoms with Crippen molar-refractivity contribution in [3.05, 3.63) is 12.3 Å². The molecule has 2 bridgehead atoms. The Balaban J connectivity index is 1.62. The Hall–Kier alpha value is -1.43. The average Bonchev–Trinajstić information content (AvgIpc) is 2.88. The molecule has 0 aliphatic carbocycles. The maximum Gasteiger partial charge on any atom is 0.396 e. The third kappa shape index (κ3) is 1.93. The molecule has 92 valence electrons. The number of carbonyl (C=O) groups excluding carboxylic acids is 1. The molecule has 1 aromatic heterocycles. The molecule has 2 atom stereocenters. The minimum atomic E-state index is -0.503. The van der Waals surface area contributed by atoms with E-state index in [1.165, 1.54) is 12.8 Å². The third-order valence-electron chi connectivity index (χ3n) is 3.86. The van der Waals surface area contributed by atoms with Gasteiger partial charge in [0, 0.05) is 24.9 Å². The summed E-state index contributed by atoms with van der Waals surface area (Å²) >= 11 is 0. The summed E-state index contributed by atoms with van der Waals surface area (Å²) in [4.78, 5) is 14.1. The number of piperidine rings is 1. The fourth-order valence-electron chi connectivity index (χ4n) is 2.92. The molecular weight excluding hydrogens is 222 g/mol. The van der Waals surface area contributed by atoms with E-state index < -0.39 is 5.97 Å². The van der Waals surface area contributed by atoms with Crippen LogP contribution >= 0.6 is 0 Å². The van der Waals surface area contributed by atoms with E-state index in [2.05, 4.69) is 22.1 Å². The molecule has 2 aliphatic rings. The molecule has 2 saturated heterocycles. The van der Waals surface area contributed by atoms with Gasteiger partial charge in [-0.15, -0.1) is 10.2 Å². The summed E-state index contributed by atoms with van der Waals surface area (Å²) in [7, 11) is 2.15. The molecule has 0 radical (unpaired) electrons. The second-order valence-corrected chi connectivity index (χ2v) is 4.79. The molecule has 3 heterocycles. The van der Waals surface area contributed by atoms with Crippen LogP contribution in [0.5, 0.6) is 0 Å². The Morgan fingerprint density at radius 1 is 1.47 bits per heavy atom. The number of rotatable bonds is 2. The van der Waals surface area contributed by atoms with Crippen LogP contribution in [0.15, 0.2) is 10.8 Å². The molecule has 2 aliphatic heterocycles. The van der Waals surface area contributed by atoms with Crippen molar-refractivity contribution in [1.82, 2.24) is 15.1 Å². The van der Waals surface area contributed by atoms with Crippen molar-refractivity contribution >= 4 is 5.97 Å². The first-order valence-electron chi connectivity index (χ1n) is 5.93. The van der Waals surface area contributed by atoms with Gasteiger partial charge >= 0.3 is 11.9 Å². The fourth-order valence-corrected chi connectivity index (χ4v) is 2.92. The third-order valence-corrected chi connectivity index (χ3v) is 3.86. The van der Waals surface area contributed by atoms with Gasteiger partial charge in [-0.25, -0.2) is 4.79 Å². The van der Waals surface area contributed by atoms with Crippen LogP contribution in [-0.4, -0.2) is 46.3 Å². The van der Waals surface area contributed by atoms with E-state index in [1.54, 1.807) is 0 Å². The van der Waals surface area contributed by atoms with Crippen molar-refractivity contribution in [2.45, 2.75) is 43.9 Å². The maximum absolute atomic E-state index is 11.7. The Kier molecular flexibility index (Phi) is 2.58. The molecule has 0 aromatic carbocycles. The monoisotopic (exact) mass is 237 g/mol. The van der Waals surface area contributed by atoms with Gasteiger partial charge in [-0.2, -0.15) is 0 Å². The lowest BCUT2D eigenvalue weighted by molar-refractivity contribution is -0.00384. The molecule has 6 nitrogen and oxygen atoms in total. The first-order chi connectivity index (χ1) is 8.24. The molecule has 3 rings (SSSR count). The van der Waals surface area contributed by atoms with Crippen LogP contribution in [0.3, 0.4) is 0 Å². The Labute approximate surface area is 98.9 Å². The summed E-state index contributed by atoms with van der Waals surface area (Å²) in [6, 6.07) is 1.10. The van der Waals surface area contributed by atoms with E-state index in [4.69, 9.17) is 9.15 Å². The highest BCUT2D eigenvalue weighted by molar-refractivity contribution is 5.83. The summed E-state index contributed by atoms with van der Waals surface area (Å²) in [5.41, 5.74) is 0. The van der Waals surface area contributed by atoms with E-state index in [0.29, 0.717) is 12.1 Å². The molecule has 1 aromatic rings. The maximum atomic E-state index is 11.7. The Morgan fingerprint density at radius 3 is 2.76 bits per heavy atom. The predicted octanol–water partition coefficient (Wildman–Crippen LogP) is 0.852. The number of esters is 1. The normalized spacial score (nSPS) is 32.6. The van der Waals surface area contributed by atoms with Gasteiger partial charge in [-0.1, -0.05) is 0 Å². The average molecular weight is 237 g/mol. The van der Waals surface area contributed by atoms with E-state index in [1.807, 2.05) is 0 Å². The van der Waals surface area contributed by atoms with Gasteiger partial charge in [-0.05, 0) is 19.9 Å². The Morgan fingerprint density at radius 2 is 2.18 bits per heavy atom. The number of hydrogen-bond donors (Lipinski definition) is 0. The molecule has 0 spiro atoms. The van der Waals surface area contributed by atoms with Crippen LogP contribution in [-0.2, 0) is 4.74 Å². The summed E-state index contributed by atoms with van der Waals surface area (Å²) in [5, 5.41) is 7.01. The molecule has 0 saturated carbocycles. The van der Waals surface area contributed by atoms with Crippen molar-refractivity contribution in [3.63, 3.8) is 0 Å². The summed E-state index contributed by atoms with van der Waals surface area (Å²) in [6.07, 6.45) is 5.35. The zero-order valence-electron chi connectivity index (χ0n) is 9.70. The largest absolute Gasteiger partial charge is 0.455 e. The SMILES string of the molecule is CN1C2CCC1CC(OC(=O)c1nnco1)C2. The van der Waals surface area contributed by atoms with E-state index in [-0.39, 0.29) is 12.0 Å². The van der Waals surface area contributed by atoms with Crippen LogP contribution in [0.1, 0.15) is 36.4 Å².